The van der Waals surface area contributed by atoms with Crippen LogP contribution < -0.4 is 37.5 Å². The number of nitrogens with one attached hydrogen (secondary N) is 4. The topological polar surface area (TPSA) is 246 Å². The van der Waals surface area contributed by atoms with E-state index in [4.69, 9.17) is 16.2 Å². The van der Waals surface area contributed by atoms with Crippen molar-refractivity contribution in [3.8, 4) is 28.5 Å². The smallest absolute Gasteiger partial charge is 0.316 e. The first-order valence-corrected chi connectivity index (χ1v) is 18.7. The number of aromatic nitrogens is 4. The number of anilines is 1. The molecule has 4 bridgehead atoms. The van der Waals surface area contributed by atoms with Gasteiger partial charge in [-0.1, -0.05) is 51.1 Å². The maximum absolute atomic E-state index is 14.1. The highest BCUT2D eigenvalue weighted by molar-refractivity contribution is 6.04. The maximum atomic E-state index is 14.1. The molecule has 0 saturated carbocycles. The van der Waals surface area contributed by atoms with Crippen LogP contribution >= 0.6 is 0 Å². The summed E-state index contributed by atoms with van der Waals surface area (Å²) < 4.78 is 5.68. The Morgan fingerprint density at radius 2 is 1.67 bits per heavy atom. The monoisotopic (exact) mass is 778 g/mol. The summed E-state index contributed by atoms with van der Waals surface area (Å²) in [5.74, 6) is -2.43. The predicted octanol–water partition coefficient (Wildman–Crippen LogP) is 2.61. The van der Waals surface area contributed by atoms with E-state index in [2.05, 4.69) is 62.0 Å². The Bertz CT molecular complexity index is 2140. The Morgan fingerprint density at radius 3 is 2.32 bits per heavy atom. The molecule has 300 valence electrons. The standard InChI is InChI=1S/C41H50N10O6/c1-22-14-26-16-29(27-9-7-8-25(15-27)18-32(52)44-21-33(53)49-31(17-26)36(43)54)35(22)51-38(55)30(10-12-42)50-39(56)34-23(2)47-37(48-24(34)3)28-19-45-40(46-20-28)57-13-11-41(4,5)6/h7-9,14-16,19-20,30-31H,10-13,17-18,21,42H2,1-6H3,(H2,43,54)(H,44,52)(H,49,53)(H,50,56)(H,51,55)/t30-,31?/m0/s1. The van der Waals surface area contributed by atoms with Gasteiger partial charge in [0, 0.05) is 24.4 Å². The summed E-state index contributed by atoms with van der Waals surface area (Å²) in [4.78, 5) is 83.2. The molecule has 1 unspecified atom stereocenters. The van der Waals surface area contributed by atoms with Crippen LogP contribution in [0.4, 0.5) is 5.69 Å². The van der Waals surface area contributed by atoms with Gasteiger partial charge in [-0.3, -0.25) is 24.0 Å². The van der Waals surface area contributed by atoms with Crippen LogP contribution in [0, 0.1) is 26.2 Å². The number of aryl methyl sites for hydroxylation is 3. The molecule has 2 atom stereocenters. The summed E-state index contributed by atoms with van der Waals surface area (Å²) in [5.41, 5.74) is 16.9. The molecule has 0 saturated heterocycles. The van der Waals surface area contributed by atoms with Gasteiger partial charge in [-0.15, -0.1) is 0 Å². The van der Waals surface area contributed by atoms with Crippen molar-refractivity contribution in [3.63, 3.8) is 0 Å². The Kier molecular flexibility index (Phi) is 13.3. The highest BCUT2D eigenvalue weighted by atomic mass is 16.5. The zero-order chi connectivity index (χ0) is 41.4. The SMILES string of the molecule is Cc1cc2cc(c1NC(=O)[C@H](CCN)NC(=O)c1c(C)nc(-c3cnc(OCCC(C)(C)C)nc3)nc1C)-c1cccc(c1)CC(=O)NCC(=O)NC(C(N)=O)C2. The van der Waals surface area contributed by atoms with E-state index in [1.54, 1.807) is 57.4 Å². The fourth-order valence-electron chi connectivity index (χ4n) is 6.36. The molecule has 0 aliphatic carbocycles. The Labute approximate surface area is 331 Å². The number of nitrogens with two attached hydrogens (primary N) is 2. The third-order valence-corrected chi connectivity index (χ3v) is 9.36. The van der Waals surface area contributed by atoms with Crippen LogP contribution in [0.15, 0.2) is 48.8 Å². The average Bonchev–Trinajstić information content (AvgIpc) is 3.13. The summed E-state index contributed by atoms with van der Waals surface area (Å²) in [5, 5.41) is 11.0. The molecule has 0 radical (unpaired) electrons. The normalized spacial score (nSPS) is 15.0. The van der Waals surface area contributed by atoms with E-state index in [1.807, 2.05) is 12.1 Å². The number of benzene rings is 2. The lowest BCUT2D eigenvalue weighted by atomic mass is 9.93. The molecule has 57 heavy (non-hydrogen) atoms. The zero-order valence-corrected chi connectivity index (χ0v) is 33.1. The van der Waals surface area contributed by atoms with Crippen molar-refractivity contribution in [2.24, 2.45) is 16.9 Å². The van der Waals surface area contributed by atoms with Gasteiger partial charge in [-0.05, 0) is 73.9 Å². The van der Waals surface area contributed by atoms with E-state index >= 15 is 0 Å². The number of carbonyl (C=O) groups is 5. The molecule has 2 aromatic heterocycles. The first-order chi connectivity index (χ1) is 27.0. The van der Waals surface area contributed by atoms with Gasteiger partial charge in [-0.25, -0.2) is 19.9 Å². The number of rotatable bonds is 11. The molecule has 5 amide bonds. The minimum absolute atomic E-state index is 0.0122. The van der Waals surface area contributed by atoms with E-state index in [-0.39, 0.29) is 55.2 Å². The number of amides is 5. The molecule has 2 aromatic carbocycles. The lowest BCUT2D eigenvalue weighted by molar-refractivity contribution is -0.128. The number of nitrogens with zero attached hydrogens (tertiary/aromatic N) is 4. The van der Waals surface area contributed by atoms with Crippen LogP contribution in [0.2, 0.25) is 0 Å². The molecular formula is C41H50N10O6. The third kappa shape index (κ3) is 11.2. The Balaban J connectivity index is 1.39. The molecular weight excluding hydrogens is 729 g/mol. The van der Waals surface area contributed by atoms with Crippen molar-refractivity contribution in [1.82, 2.24) is 35.9 Å². The van der Waals surface area contributed by atoms with E-state index in [0.29, 0.717) is 62.9 Å². The van der Waals surface area contributed by atoms with E-state index in [0.717, 1.165) is 6.42 Å². The highest BCUT2D eigenvalue weighted by Gasteiger charge is 2.27. The number of primary amides is 1. The van der Waals surface area contributed by atoms with Gasteiger partial charge in [-0.2, -0.15) is 0 Å². The second-order valence-electron chi connectivity index (χ2n) is 15.3. The minimum Gasteiger partial charge on any atom is -0.463 e. The number of hydrogen-bond donors (Lipinski definition) is 6. The van der Waals surface area contributed by atoms with Gasteiger partial charge < -0.3 is 37.5 Å². The van der Waals surface area contributed by atoms with Crippen LogP contribution in [0.25, 0.3) is 22.5 Å². The summed E-state index contributed by atoms with van der Waals surface area (Å²) in [7, 11) is 0. The number of carbonyl (C=O) groups excluding carboxylic acids is 5. The van der Waals surface area contributed by atoms with Gasteiger partial charge >= 0.3 is 6.01 Å². The van der Waals surface area contributed by atoms with Crippen molar-refractivity contribution in [1.29, 1.82) is 0 Å². The largest absolute Gasteiger partial charge is 0.463 e. The van der Waals surface area contributed by atoms with Crippen molar-refractivity contribution in [2.45, 2.75) is 79.3 Å². The Morgan fingerprint density at radius 1 is 0.965 bits per heavy atom. The summed E-state index contributed by atoms with van der Waals surface area (Å²) in [6, 6.07) is 8.97. The summed E-state index contributed by atoms with van der Waals surface area (Å²) in [6.45, 7) is 11.8. The average molecular weight is 779 g/mol. The van der Waals surface area contributed by atoms with Gasteiger partial charge in [0.25, 0.3) is 5.91 Å². The fraction of sp³-hybridized carbons (Fsp3) is 0.390. The lowest BCUT2D eigenvalue weighted by Crippen LogP contribution is -2.49. The van der Waals surface area contributed by atoms with Crippen molar-refractivity contribution in [2.75, 3.05) is 25.0 Å². The van der Waals surface area contributed by atoms with Crippen LogP contribution in [0.3, 0.4) is 0 Å². The highest BCUT2D eigenvalue weighted by Crippen LogP contribution is 2.34. The molecule has 16 nitrogen and oxygen atoms in total. The Hall–Kier alpha value is -6.29. The quantitative estimate of drug-likeness (QED) is 0.129. The predicted molar refractivity (Wildman–Crippen MR) is 214 cm³/mol. The molecule has 0 fully saturated rings. The van der Waals surface area contributed by atoms with Crippen molar-refractivity contribution in [3.05, 3.63) is 82.4 Å². The molecule has 8 N–H and O–H groups in total. The number of hydrogen-bond acceptors (Lipinski definition) is 11. The van der Waals surface area contributed by atoms with Gasteiger partial charge in [0.2, 0.25) is 23.6 Å². The first-order valence-electron chi connectivity index (χ1n) is 18.7. The van der Waals surface area contributed by atoms with Gasteiger partial charge in [0.05, 0.1) is 47.8 Å². The third-order valence-electron chi connectivity index (χ3n) is 9.36. The fourth-order valence-corrected chi connectivity index (χ4v) is 6.36. The number of fused-ring (bicyclic) bond motifs is 5. The molecule has 0 spiro atoms. The second kappa shape index (κ2) is 18.1. The van der Waals surface area contributed by atoms with Crippen LogP contribution in [0.1, 0.15) is 72.0 Å². The van der Waals surface area contributed by atoms with Crippen LogP contribution in [-0.2, 0) is 32.0 Å². The van der Waals surface area contributed by atoms with E-state index < -0.39 is 35.7 Å². The molecule has 4 aromatic rings. The molecule has 5 rings (SSSR count). The van der Waals surface area contributed by atoms with Crippen LogP contribution in [-0.4, -0.2) is 81.3 Å². The van der Waals surface area contributed by atoms with Crippen molar-refractivity contribution >= 4 is 35.2 Å². The first kappa shape index (κ1) is 41.9. The minimum atomic E-state index is -1.05. The molecule has 3 heterocycles. The van der Waals surface area contributed by atoms with Gasteiger partial charge in [0.15, 0.2) is 5.82 Å². The zero-order valence-electron chi connectivity index (χ0n) is 33.1. The maximum Gasteiger partial charge on any atom is 0.316 e. The molecule has 1 aliphatic heterocycles. The van der Waals surface area contributed by atoms with E-state index in [9.17, 15) is 24.0 Å². The second-order valence-corrected chi connectivity index (χ2v) is 15.3. The molecule has 1 aliphatic rings. The lowest BCUT2D eigenvalue weighted by Gasteiger charge is -2.23. The van der Waals surface area contributed by atoms with Gasteiger partial charge in [0.1, 0.15) is 12.1 Å². The summed E-state index contributed by atoms with van der Waals surface area (Å²) >= 11 is 0. The summed E-state index contributed by atoms with van der Waals surface area (Å²) in [6.07, 6.45) is 4.14. The van der Waals surface area contributed by atoms with E-state index in [1.165, 1.54) is 0 Å². The molecule has 16 heteroatoms. The van der Waals surface area contributed by atoms with Crippen molar-refractivity contribution < 1.29 is 28.7 Å². The number of ether oxygens (including phenoxy) is 1. The van der Waals surface area contributed by atoms with Crippen LogP contribution in [0.5, 0.6) is 6.01 Å².